The number of rotatable bonds is 4. The molecule has 0 aliphatic heterocycles. The number of Topliss-reactive ketones (excluding diaryl/α,β-unsaturated/α-hetero) is 1. The first kappa shape index (κ1) is 15.1. The van der Waals surface area contributed by atoms with Crippen molar-refractivity contribution in [3.8, 4) is 0 Å². The number of carbonyl (C=O) groups is 1. The van der Waals surface area contributed by atoms with Gasteiger partial charge in [0.2, 0.25) is 0 Å². The molecule has 0 fully saturated rings. The number of hydrogen-bond donors (Lipinski definition) is 0. The second-order valence-corrected chi connectivity index (χ2v) is 6.05. The maximum absolute atomic E-state index is 11.7. The van der Waals surface area contributed by atoms with Crippen molar-refractivity contribution in [1.29, 1.82) is 0 Å². The standard InChI is InChI=1S/C16H15BrClNO/c1-11(20)15-8-5-13(17)9-16(15)19(2)10-12-3-6-14(18)7-4-12/h3-9H,10H2,1-2H3. The van der Waals surface area contributed by atoms with E-state index in [1.54, 1.807) is 6.92 Å². The van der Waals surface area contributed by atoms with Gasteiger partial charge in [0.15, 0.2) is 5.78 Å². The maximum atomic E-state index is 11.7. The zero-order valence-electron chi connectivity index (χ0n) is 11.4. The van der Waals surface area contributed by atoms with Gasteiger partial charge in [-0.2, -0.15) is 0 Å². The van der Waals surface area contributed by atoms with E-state index < -0.39 is 0 Å². The average molecular weight is 353 g/mol. The van der Waals surface area contributed by atoms with Crippen LogP contribution in [0.25, 0.3) is 0 Å². The Labute approximate surface area is 132 Å². The van der Waals surface area contributed by atoms with Gasteiger partial charge in [0.1, 0.15) is 0 Å². The van der Waals surface area contributed by atoms with Crippen LogP contribution in [0.5, 0.6) is 0 Å². The Morgan fingerprint density at radius 3 is 2.45 bits per heavy atom. The molecule has 0 spiro atoms. The average Bonchev–Trinajstić information content (AvgIpc) is 2.41. The molecule has 0 saturated carbocycles. The zero-order valence-corrected chi connectivity index (χ0v) is 13.7. The summed E-state index contributed by atoms with van der Waals surface area (Å²) in [5, 5.41) is 0.725. The molecule has 0 heterocycles. The summed E-state index contributed by atoms with van der Waals surface area (Å²) < 4.78 is 0.959. The minimum absolute atomic E-state index is 0.0652. The molecule has 2 aromatic rings. The van der Waals surface area contributed by atoms with Crippen molar-refractivity contribution in [2.45, 2.75) is 13.5 Å². The first-order chi connectivity index (χ1) is 9.47. The smallest absolute Gasteiger partial charge is 0.161 e. The Kier molecular flexibility index (Phi) is 4.84. The molecular weight excluding hydrogens is 338 g/mol. The number of carbonyl (C=O) groups excluding carboxylic acids is 1. The third-order valence-electron chi connectivity index (χ3n) is 3.08. The predicted molar refractivity (Wildman–Crippen MR) is 87.7 cm³/mol. The van der Waals surface area contributed by atoms with Crippen molar-refractivity contribution < 1.29 is 4.79 Å². The second kappa shape index (κ2) is 6.42. The van der Waals surface area contributed by atoms with E-state index in [9.17, 15) is 4.79 Å². The van der Waals surface area contributed by atoms with Gasteiger partial charge in [0.25, 0.3) is 0 Å². The fraction of sp³-hybridized carbons (Fsp3) is 0.188. The summed E-state index contributed by atoms with van der Waals surface area (Å²) in [4.78, 5) is 13.8. The molecule has 20 heavy (non-hydrogen) atoms. The summed E-state index contributed by atoms with van der Waals surface area (Å²) >= 11 is 9.34. The van der Waals surface area contributed by atoms with Gasteiger partial charge in [0.05, 0.1) is 0 Å². The van der Waals surface area contributed by atoms with Gasteiger partial charge >= 0.3 is 0 Å². The van der Waals surface area contributed by atoms with E-state index in [0.29, 0.717) is 6.54 Å². The number of ketones is 1. The first-order valence-electron chi connectivity index (χ1n) is 6.23. The van der Waals surface area contributed by atoms with Crippen molar-refractivity contribution in [1.82, 2.24) is 0 Å². The molecule has 0 bridgehead atoms. The molecular formula is C16H15BrClNO. The van der Waals surface area contributed by atoms with E-state index in [1.807, 2.05) is 49.5 Å². The van der Waals surface area contributed by atoms with Crippen molar-refractivity contribution in [3.05, 3.63) is 63.1 Å². The minimum Gasteiger partial charge on any atom is -0.370 e. The number of hydrogen-bond acceptors (Lipinski definition) is 2. The van der Waals surface area contributed by atoms with Gasteiger partial charge in [-0.1, -0.05) is 39.7 Å². The van der Waals surface area contributed by atoms with Crippen LogP contribution in [-0.2, 0) is 6.54 Å². The van der Waals surface area contributed by atoms with Gasteiger partial charge in [-0.15, -0.1) is 0 Å². The van der Waals surface area contributed by atoms with E-state index in [-0.39, 0.29) is 5.78 Å². The Morgan fingerprint density at radius 1 is 1.20 bits per heavy atom. The lowest BCUT2D eigenvalue weighted by Gasteiger charge is -2.22. The van der Waals surface area contributed by atoms with Crippen LogP contribution in [0.4, 0.5) is 5.69 Å². The first-order valence-corrected chi connectivity index (χ1v) is 7.40. The molecule has 104 valence electrons. The molecule has 0 N–H and O–H groups in total. The monoisotopic (exact) mass is 351 g/mol. The summed E-state index contributed by atoms with van der Waals surface area (Å²) in [7, 11) is 1.98. The summed E-state index contributed by atoms with van der Waals surface area (Å²) in [5.41, 5.74) is 2.79. The molecule has 0 saturated heterocycles. The SMILES string of the molecule is CC(=O)c1ccc(Br)cc1N(C)Cc1ccc(Cl)cc1. The fourth-order valence-electron chi connectivity index (χ4n) is 2.07. The van der Waals surface area contributed by atoms with Gasteiger partial charge in [0, 0.05) is 34.3 Å². The molecule has 0 aliphatic carbocycles. The molecule has 0 unspecified atom stereocenters. The van der Waals surface area contributed by atoms with E-state index in [4.69, 9.17) is 11.6 Å². The zero-order chi connectivity index (χ0) is 14.7. The number of anilines is 1. The van der Waals surface area contributed by atoms with Crippen LogP contribution in [0.3, 0.4) is 0 Å². The number of nitrogens with zero attached hydrogens (tertiary/aromatic N) is 1. The molecule has 4 heteroatoms. The normalized spacial score (nSPS) is 10.4. The molecule has 2 aromatic carbocycles. The largest absolute Gasteiger partial charge is 0.370 e. The van der Waals surface area contributed by atoms with Gasteiger partial charge in [-0.05, 0) is 42.8 Å². The highest BCUT2D eigenvalue weighted by atomic mass is 79.9. The van der Waals surface area contributed by atoms with E-state index in [0.717, 1.165) is 26.3 Å². The molecule has 0 aliphatic rings. The van der Waals surface area contributed by atoms with E-state index in [2.05, 4.69) is 20.8 Å². The van der Waals surface area contributed by atoms with Crippen LogP contribution in [0.1, 0.15) is 22.8 Å². The van der Waals surface area contributed by atoms with Crippen LogP contribution in [0.2, 0.25) is 5.02 Å². The van der Waals surface area contributed by atoms with Crippen molar-refractivity contribution >= 4 is 39.0 Å². The molecule has 0 amide bonds. The van der Waals surface area contributed by atoms with Crippen molar-refractivity contribution in [2.75, 3.05) is 11.9 Å². The number of halogens is 2. The molecule has 0 atom stereocenters. The quantitative estimate of drug-likeness (QED) is 0.726. The minimum atomic E-state index is 0.0652. The van der Waals surface area contributed by atoms with Gasteiger partial charge < -0.3 is 4.90 Å². The Balaban J connectivity index is 2.28. The molecule has 0 radical (unpaired) electrons. The highest BCUT2D eigenvalue weighted by Gasteiger charge is 2.12. The van der Waals surface area contributed by atoms with Gasteiger partial charge in [-0.25, -0.2) is 0 Å². The highest BCUT2D eigenvalue weighted by Crippen LogP contribution is 2.26. The Hall–Kier alpha value is -1.32. The predicted octanol–water partition coefficient (Wildman–Crippen LogP) is 4.94. The lowest BCUT2D eigenvalue weighted by Crippen LogP contribution is -2.19. The third-order valence-corrected chi connectivity index (χ3v) is 3.83. The van der Waals surface area contributed by atoms with E-state index in [1.165, 1.54) is 0 Å². The van der Waals surface area contributed by atoms with Crippen LogP contribution >= 0.6 is 27.5 Å². The summed E-state index contributed by atoms with van der Waals surface area (Å²) in [6.07, 6.45) is 0. The fourth-order valence-corrected chi connectivity index (χ4v) is 2.54. The topological polar surface area (TPSA) is 20.3 Å². The molecule has 2 nitrogen and oxygen atoms in total. The summed E-state index contributed by atoms with van der Waals surface area (Å²) in [6.45, 7) is 2.30. The van der Waals surface area contributed by atoms with Crippen LogP contribution in [0, 0.1) is 0 Å². The number of benzene rings is 2. The van der Waals surface area contributed by atoms with Crippen LogP contribution in [-0.4, -0.2) is 12.8 Å². The van der Waals surface area contributed by atoms with Gasteiger partial charge in [-0.3, -0.25) is 4.79 Å². The lowest BCUT2D eigenvalue weighted by atomic mass is 10.1. The Morgan fingerprint density at radius 2 is 1.85 bits per heavy atom. The van der Waals surface area contributed by atoms with E-state index >= 15 is 0 Å². The van der Waals surface area contributed by atoms with Crippen molar-refractivity contribution in [2.24, 2.45) is 0 Å². The maximum Gasteiger partial charge on any atom is 0.161 e. The third kappa shape index (κ3) is 3.62. The molecule has 2 rings (SSSR count). The van der Waals surface area contributed by atoms with Crippen LogP contribution in [0.15, 0.2) is 46.9 Å². The summed E-state index contributed by atoms with van der Waals surface area (Å²) in [6, 6.07) is 13.4. The van der Waals surface area contributed by atoms with Crippen LogP contribution < -0.4 is 4.90 Å². The summed E-state index contributed by atoms with van der Waals surface area (Å²) in [5.74, 6) is 0.0652. The second-order valence-electron chi connectivity index (χ2n) is 4.70. The Bertz CT molecular complexity index is 625. The molecule has 0 aromatic heterocycles. The lowest BCUT2D eigenvalue weighted by molar-refractivity contribution is 0.101. The van der Waals surface area contributed by atoms with Crippen molar-refractivity contribution in [3.63, 3.8) is 0 Å². The highest BCUT2D eigenvalue weighted by molar-refractivity contribution is 9.10.